The van der Waals surface area contributed by atoms with Crippen LogP contribution < -0.4 is 16.4 Å². The van der Waals surface area contributed by atoms with Gasteiger partial charge in [0, 0.05) is 5.69 Å². The molecule has 0 unspecified atom stereocenters. The first kappa shape index (κ1) is 23.7. The lowest BCUT2D eigenvalue weighted by Crippen LogP contribution is -2.41. The highest BCUT2D eigenvalue weighted by molar-refractivity contribution is 7.17. The van der Waals surface area contributed by atoms with Gasteiger partial charge in [-0.15, -0.1) is 11.3 Å². The normalized spacial score (nSPS) is 12.2. The average molecular weight is 480 g/mol. The summed E-state index contributed by atoms with van der Waals surface area (Å²) in [6, 6.07) is 7.62. The number of aliphatic hydroxyl groups is 1. The number of hydrogen-bond donors (Lipinski definition) is 4. The van der Waals surface area contributed by atoms with Crippen molar-refractivity contribution in [1.29, 1.82) is 0 Å². The van der Waals surface area contributed by atoms with Crippen LogP contribution in [0.2, 0.25) is 0 Å². The fourth-order valence-electron chi connectivity index (χ4n) is 3.45. The first-order valence-corrected chi connectivity index (χ1v) is 11.7. The molecule has 178 valence electrons. The molecule has 4 aromatic rings. The van der Waals surface area contributed by atoms with Crippen LogP contribution in [0.1, 0.15) is 44.5 Å². The van der Waals surface area contributed by atoms with E-state index in [2.05, 4.69) is 20.7 Å². The van der Waals surface area contributed by atoms with Crippen LogP contribution in [-0.4, -0.2) is 30.8 Å². The van der Waals surface area contributed by atoms with Crippen LogP contribution in [0.25, 0.3) is 10.2 Å². The highest BCUT2D eigenvalue weighted by Gasteiger charge is 2.29. The second-order valence-electron chi connectivity index (χ2n) is 9.38. The fraction of sp³-hybridized carbons (Fsp3) is 0.333. The summed E-state index contributed by atoms with van der Waals surface area (Å²) in [6.45, 7) is 10.8. The Labute approximate surface area is 202 Å². The Kier molecular flexibility index (Phi) is 5.82. The lowest BCUT2D eigenvalue weighted by atomic mass is 9.98. The number of aromatic nitrogens is 4. The van der Waals surface area contributed by atoms with E-state index in [9.17, 15) is 9.90 Å². The number of carbonyl (C=O) groups is 1. The van der Waals surface area contributed by atoms with Gasteiger partial charge in [-0.05, 0) is 70.2 Å². The zero-order valence-corrected chi connectivity index (χ0v) is 20.9. The summed E-state index contributed by atoms with van der Waals surface area (Å²) in [5.74, 6) is 0.574. The van der Waals surface area contributed by atoms with Crippen molar-refractivity contribution in [3.8, 4) is 0 Å². The van der Waals surface area contributed by atoms with Crippen LogP contribution in [0, 0.1) is 13.8 Å². The van der Waals surface area contributed by atoms with Gasteiger partial charge >= 0.3 is 0 Å². The maximum absolute atomic E-state index is 11.8. The summed E-state index contributed by atoms with van der Waals surface area (Å²) < 4.78 is 1.54. The molecule has 0 spiro atoms. The van der Waals surface area contributed by atoms with Crippen LogP contribution in [-0.2, 0) is 15.9 Å². The standard InChI is InChI=1S/C24H29N7O2S/c1-13-12-34-20-18(13)19(26-16-9-7-8-15(10-16)24(5,6)33)28-22(29-20)27-17-11-31(30-14(17)2)23(3,4)21(25)32/h7-12,33H,1-6H3,(H2,25,32)(H2,26,27,28,29). The van der Waals surface area contributed by atoms with Crippen LogP contribution in [0.5, 0.6) is 0 Å². The van der Waals surface area contributed by atoms with E-state index in [1.807, 2.05) is 43.5 Å². The molecule has 0 saturated heterocycles. The zero-order chi connectivity index (χ0) is 24.8. The molecule has 0 atom stereocenters. The Morgan fingerprint density at radius 3 is 2.56 bits per heavy atom. The monoisotopic (exact) mass is 479 g/mol. The lowest BCUT2D eigenvalue weighted by molar-refractivity contribution is -0.125. The number of nitrogens with zero attached hydrogens (tertiary/aromatic N) is 4. The number of primary amides is 1. The number of fused-ring (bicyclic) bond motifs is 1. The molecule has 0 bridgehead atoms. The molecule has 1 amide bonds. The minimum atomic E-state index is -0.974. The molecule has 0 aliphatic heterocycles. The molecular formula is C24H29N7O2S. The number of nitrogens with two attached hydrogens (primary N) is 1. The Hall–Kier alpha value is -3.50. The number of benzene rings is 1. The molecule has 0 radical (unpaired) electrons. The van der Waals surface area contributed by atoms with E-state index in [1.165, 1.54) is 11.3 Å². The van der Waals surface area contributed by atoms with Crippen molar-refractivity contribution in [2.24, 2.45) is 5.73 Å². The van der Waals surface area contributed by atoms with E-state index in [4.69, 9.17) is 10.7 Å². The topological polar surface area (TPSA) is 131 Å². The first-order chi connectivity index (χ1) is 15.9. The third-order valence-corrected chi connectivity index (χ3v) is 6.76. The number of rotatable bonds is 7. The van der Waals surface area contributed by atoms with Gasteiger partial charge in [0.05, 0.1) is 28.6 Å². The van der Waals surface area contributed by atoms with Crippen molar-refractivity contribution in [2.75, 3.05) is 10.6 Å². The van der Waals surface area contributed by atoms with Gasteiger partial charge < -0.3 is 21.5 Å². The third kappa shape index (κ3) is 4.46. The molecule has 5 N–H and O–H groups in total. The second-order valence-corrected chi connectivity index (χ2v) is 10.2. The predicted molar refractivity (Wildman–Crippen MR) is 136 cm³/mol. The van der Waals surface area contributed by atoms with Gasteiger partial charge in [0.2, 0.25) is 11.9 Å². The number of aryl methyl sites for hydroxylation is 2. The molecule has 34 heavy (non-hydrogen) atoms. The van der Waals surface area contributed by atoms with Crippen LogP contribution in [0.3, 0.4) is 0 Å². The third-order valence-electron chi connectivity index (χ3n) is 5.77. The van der Waals surface area contributed by atoms with Gasteiger partial charge in [0.25, 0.3) is 0 Å². The number of hydrogen-bond acceptors (Lipinski definition) is 8. The molecule has 9 nitrogen and oxygen atoms in total. The van der Waals surface area contributed by atoms with Crippen molar-refractivity contribution < 1.29 is 9.90 Å². The number of anilines is 4. The number of carbonyl (C=O) groups excluding carboxylic acids is 1. The maximum atomic E-state index is 11.8. The summed E-state index contributed by atoms with van der Waals surface area (Å²) >= 11 is 1.54. The molecule has 1 aromatic carbocycles. The molecule has 3 heterocycles. The summed E-state index contributed by atoms with van der Waals surface area (Å²) in [5.41, 5.74) is 7.65. The molecule has 0 saturated carbocycles. The minimum Gasteiger partial charge on any atom is -0.386 e. The maximum Gasteiger partial charge on any atom is 0.244 e. The van der Waals surface area contributed by atoms with Gasteiger partial charge in [0.15, 0.2) is 0 Å². The fourth-order valence-corrected chi connectivity index (χ4v) is 4.37. The van der Waals surface area contributed by atoms with E-state index >= 15 is 0 Å². The summed E-state index contributed by atoms with van der Waals surface area (Å²) in [5, 5.41) is 24.4. The number of nitrogens with one attached hydrogen (secondary N) is 2. The molecule has 10 heteroatoms. The largest absolute Gasteiger partial charge is 0.386 e. The molecule has 4 rings (SSSR count). The predicted octanol–water partition coefficient (Wildman–Crippen LogP) is 4.44. The summed E-state index contributed by atoms with van der Waals surface area (Å²) in [4.78, 5) is 22.1. The van der Waals surface area contributed by atoms with Crippen molar-refractivity contribution in [3.05, 3.63) is 52.7 Å². The Bertz CT molecular complexity index is 1380. The molecule has 0 aliphatic carbocycles. The summed E-state index contributed by atoms with van der Waals surface area (Å²) in [6.07, 6.45) is 1.73. The van der Waals surface area contributed by atoms with E-state index in [0.29, 0.717) is 23.1 Å². The SMILES string of the molecule is Cc1nn(C(C)(C)C(N)=O)cc1Nc1nc(Nc2cccc(C(C)(C)O)c2)c2c(C)csc2n1. The molecule has 0 fully saturated rings. The van der Waals surface area contributed by atoms with E-state index < -0.39 is 17.0 Å². The van der Waals surface area contributed by atoms with E-state index in [1.54, 1.807) is 38.6 Å². The smallest absolute Gasteiger partial charge is 0.244 e. The van der Waals surface area contributed by atoms with Crippen molar-refractivity contribution in [2.45, 2.75) is 52.7 Å². The Morgan fingerprint density at radius 1 is 1.15 bits per heavy atom. The Balaban J connectivity index is 1.72. The first-order valence-electron chi connectivity index (χ1n) is 10.9. The second kappa shape index (κ2) is 8.37. The van der Waals surface area contributed by atoms with Crippen molar-refractivity contribution >= 4 is 50.6 Å². The average Bonchev–Trinajstić information content (AvgIpc) is 3.31. The van der Waals surface area contributed by atoms with Crippen LogP contribution in [0.4, 0.5) is 23.1 Å². The number of thiophene rings is 1. The highest BCUT2D eigenvalue weighted by atomic mass is 32.1. The van der Waals surface area contributed by atoms with E-state index in [0.717, 1.165) is 27.0 Å². The zero-order valence-electron chi connectivity index (χ0n) is 20.1. The molecule has 3 aromatic heterocycles. The quantitative estimate of drug-likeness (QED) is 0.308. The lowest BCUT2D eigenvalue weighted by Gasteiger charge is -2.20. The summed E-state index contributed by atoms with van der Waals surface area (Å²) in [7, 11) is 0. The molecular weight excluding hydrogens is 450 g/mol. The van der Waals surface area contributed by atoms with Crippen molar-refractivity contribution in [3.63, 3.8) is 0 Å². The van der Waals surface area contributed by atoms with Crippen LogP contribution in [0.15, 0.2) is 35.8 Å². The van der Waals surface area contributed by atoms with Gasteiger partial charge in [0.1, 0.15) is 16.2 Å². The van der Waals surface area contributed by atoms with Crippen molar-refractivity contribution in [1.82, 2.24) is 19.7 Å². The van der Waals surface area contributed by atoms with E-state index in [-0.39, 0.29) is 0 Å². The minimum absolute atomic E-state index is 0.398. The number of amides is 1. The van der Waals surface area contributed by atoms with Gasteiger partial charge in [-0.1, -0.05) is 12.1 Å². The van der Waals surface area contributed by atoms with Crippen LogP contribution >= 0.6 is 11.3 Å². The van der Waals surface area contributed by atoms with Gasteiger partial charge in [-0.2, -0.15) is 10.1 Å². The van der Waals surface area contributed by atoms with Gasteiger partial charge in [-0.3, -0.25) is 9.48 Å². The highest BCUT2D eigenvalue weighted by Crippen LogP contribution is 2.34. The van der Waals surface area contributed by atoms with Gasteiger partial charge in [-0.25, -0.2) is 4.98 Å². The Morgan fingerprint density at radius 2 is 1.88 bits per heavy atom. The molecule has 0 aliphatic rings.